The molecule has 3 heterocycles. The molecule has 0 spiro atoms. The van der Waals surface area contributed by atoms with Crippen molar-refractivity contribution in [1.82, 2.24) is 19.5 Å². The Morgan fingerprint density at radius 3 is 2.76 bits per heavy atom. The van der Waals surface area contributed by atoms with E-state index in [1.807, 2.05) is 32.0 Å². The van der Waals surface area contributed by atoms with Crippen molar-refractivity contribution in [3.8, 4) is 0 Å². The Bertz CT molecular complexity index is 1320. The minimum atomic E-state index is -0.150. The van der Waals surface area contributed by atoms with Gasteiger partial charge in [0.25, 0.3) is 11.1 Å². The van der Waals surface area contributed by atoms with Crippen LogP contribution in [-0.4, -0.2) is 19.5 Å². The van der Waals surface area contributed by atoms with Crippen LogP contribution < -0.4 is 11.1 Å². The second-order valence-electron chi connectivity index (χ2n) is 6.99. The second-order valence-corrected chi connectivity index (χ2v) is 9.13. The molecule has 0 saturated heterocycles. The molecule has 0 aliphatic heterocycles. The summed E-state index contributed by atoms with van der Waals surface area (Å²) in [5.41, 5.74) is 1.56. The summed E-state index contributed by atoms with van der Waals surface area (Å²) < 4.78 is 1.77. The van der Waals surface area contributed by atoms with Gasteiger partial charge in [-0.05, 0) is 38.0 Å². The first-order valence-corrected chi connectivity index (χ1v) is 11.4. The highest BCUT2D eigenvalue weighted by molar-refractivity contribution is 7.98. The third kappa shape index (κ3) is 3.74. The summed E-state index contributed by atoms with van der Waals surface area (Å²) in [5.74, 6) is 1.02. The molecule has 1 N–H and O–H groups in total. The zero-order valence-electron chi connectivity index (χ0n) is 16.6. The normalized spacial score (nSPS) is 11.6. The molecular formula is C21H22N4O2S2. The van der Waals surface area contributed by atoms with E-state index < -0.39 is 0 Å². The number of H-pyrrole nitrogens is 1. The highest BCUT2D eigenvalue weighted by atomic mass is 32.2. The highest BCUT2D eigenvalue weighted by Gasteiger charge is 2.17. The molecule has 0 bridgehead atoms. The fraction of sp³-hybridized carbons (Fsp3) is 0.333. The van der Waals surface area contributed by atoms with Gasteiger partial charge in [0.2, 0.25) is 0 Å². The Kier molecular flexibility index (Phi) is 5.56. The number of para-hydroxylation sites is 1. The van der Waals surface area contributed by atoms with Gasteiger partial charge in [-0.3, -0.25) is 14.2 Å². The average Bonchev–Trinajstić information content (AvgIpc) is 2.99. The summed E-state index contributed by atoms with van der Waals surface area (Å²) in [4.78, 5) is 39.6. The van der Waals surface area contributed by atoms with Gasteiger partial charge in [-0.2, -0.15) is 0 Å². The van der Waals surface area contributed by atoms with Crippen LogP contribution in [0.1, 0.15) is 36.0 Å². The first-order valence-electron chi connectivity index (χ1n) is 9.61. The molecule has 4 rings (SSSR count). The Morgan fingerprint density at radius 1 is 1.17 bits per heavy atom. The number of aromatic amines is 1. The van der Waals surface area contributed by atoms with E-state index in [0.29, 0.717) is 34.2 Å². The van der Waals surface area contributed by atoms with E-state index in [9.17, 15) is 9.59 Å². The van der Waals surface area contributed by atoms with Gasteiger partial charge in [0, 0.05) is 11.4 Å². The van der Waals surface area contributed by atoms with Crippen molar-refractivity contribution < 1.29 is 0 Å². The zero-order chi connectivity index (χ0) is 20.5. The highest BCUT2D eigenvalue weighted by Crippen LogP contribution is 2.29. The number of unbranched alkanes of at least 4 members (excludes halogenated alkanes) is 1. The molecule has 8 heteroatoms. The lowest BCUT2D eigenvalue weighted by Gasteiger charge is -2.11. The van der Waals surface area contributed by atoms with Gasteiger partial charge in [-0.1, -0.05) is 37.2 Å². The topological polar surface area (TPSA) is 80.6 Å². The van der Waals surface area contributed by atoms with Crippen LogP contribution >= 0.6 is 23.1 Å². The summed E-state index contributed by atoms with van der Waals surface area (Å²) in [5, 5.41) is 1.98. The van der Waals surface area contributed by atoms with Gasteiger partial charge >= 0.3 is 0 Å². The molecule has 3 aromatic heterocycles. The molecule has 29 heavy (non-hydrogen) atoms. The van der Waals surface area contributed by atoms with E-state index in [1.165, 1.54) is 11.8 Å². The van der Waals surface area contributed by atoms with Gasteiger partial charge in [0.05, 0.1) is 22.0 Å². The van der Waals surface area contributed by atoms with Gasteiger partial charge in [0.15, 0.2) is 5.16 Å². The van der Waals surface area contributed by atoms with Gasteiger partial charge in [0.1, 0.15) is 10.7 Å². The van der Waals surface area contributed by atoms with Crippen LogP contribution in [0.5, 0.6) is 0 Å². The molecule has 6 nitrogen and oxygen atoms in total. The van der Waals surface area contributed by atoms with Gasteiger partial charge < -0.3 is 4.98 Å². The summed E-state index contributed by atoms with van der Waals surface area (Å²) in [6.07, 6.45) is 1.91. The summed E-state index contributed by atoms with van der Waals surface area (Å²) in [7, 11) is 0. The quantitative estimate of drug-likeness (QED) is 0.365. The third-order valence-electron chi connectivity index (χ3n) is 4.99. The molecule has 0 saturated carbocycles. The maximum atomic E-state index is 13.2. The smallest absolute Gasteiger partial charge is 0.263 e. The first-order chi connectivity index (χ1) is 14.0. The largest absolute Gasteiger partial charge is 0.309 e. The predicted molar refractivity (Wildman–Crippen MR) is 120 cm³/mol. The van der Waals surface area contributed by atoms with E-state index in [4.69, 9.17) is 4.98 Å². The fourth-order valence-electron chi connectivity index (χ4n) is 3.27. The summed E-state index contributed by atoms with van der Waals surface area (Å²) in [6.45, 7) is 6.75. The number of aromatic nitrogens is 4. The number of hydrogen-bond acceptors (Lipinski definition) is 6. The number of hydrogen-bond donors (Lipinski definition) is 1. The number of nitrogens with zero attached hydrogens (tertiary/aromatic N) is 3. The zero-order valence-corrected chi connectivity index (χ0v) is 18.2. The van der Waals surface area contributed by atoms with Crippen molar-refractivity contribution in [3.63, 3.8) is 0 Å². The SMILES string of the molecule is CCCCn1c(SCc2nc3ccccc3c(=O)[nH]2)nc2sc(C)c(C)c2c1=O. The standard InChI is InChI=1S/C21H22N4O2S2/c1-4-5-10-25-20(27)17-12(2)13(3)29-19(17)24-21(25)28-11-16-22-15-9-7-6-8-14(15)18(26)23-16/h6-9H,4-5,10-11H2,1-3H3,(H,22,23,26). The number of aryl methyl sites for hydroxylation is 2. The first kappa shape index (κ1) is 19.8. The van der Waals surface area contributed by atoms with Crippen LogP contribution in [0.15, 0.2) is 39.0 Å². The molecule has 0 aliphatic carbocycles. The van der Waals surface area contributed by atoms with E-state index in [-0.39, 0.29) is 11.1 Å². The van der Waals surface area contributed by atoms with Crippen LogP contribution in [-0.2, 0) is 12.3 Å². The molecular weight excluding hydrogens is 404 g/mol. The molecule has 0 atom stereocenters. The summed E-state index contributed by atoms with van der Waals surface area (Å²) >= 11 is 2.99. The number of benzene rings is 1. The van der Waals surface area contributed by atoms with Crippen LogP contribution in [0.2, 0.25) is 0 Å². The predicted octanol–water partition coefficient (Wildman–Crippen LogP) is 4.40. The molecule has 150 valence electrons. The van der Waals surface area contributed by atoms with Crippen LogP contribution in [0.25, 0.3) is 21.1 Å². The molecule has 0 radical (unpaired) electrons. The molecule has 0 fully saturated rings. The number of nitrogens with one attached hydrogen (secondary N) is 1. The van der Waals surface area contributed by atoms with E-state index in [2.05, 4.69) is 16.9 Å². The monoisotopic (exact) mass is 426 g/mol. The van der Waals surface area contributed by atoms with Gasteiger partial charge in [-0.15, -0.1) is 11.3 Å². The van der Waals surface area contributed by atoms with E-state index in [0.717, 1.165) is 33.5 Å². The molecule has 4 aromatic rings. The van der Waals surface area contributed by atoms with Crippen LogP contribution in [0.3, 0.4) is 0 Å². The number of thiophene rings is 1. The Balaban J connectivity index is 1.73. The van der Waals surface area contributed by atoms with Crippen LogP contribution in [0, 0.1) is 13.8 Å². The number of fused-ring (bicyclic) bond motifs is 2. The van der Waals surface area contributed by atoms with Gasteiger partial charge in [-0.25, -0.2) is 9.97 Å². The van der Waals surface area contributed by atoms with Crippen molar-refractivity contribution in [2.24, 2.45) is 0 Å². The number of rotatable bonds is 6. The molecule has 1 aromatic carbocycles. The molecule has 0 amide bonds. The fourth-order valence-corrected chi connectivity index (χ4v) is 5.23. The molecule has 0 aliphatic rings. The number of thioether (sulfide) groups is 1. The van der Waals surface area contributed by atoms with Crippen molar-refractivity contribution in [2.75, 3.05) is 0 Å². The second kappa shape index (κ2) is 8.12. The lowest BCUT2D eigenvalue weighted by atomic mass is 10.2. The van der Waals surface area contributed by atoms with Crippen molar-refractivity contribution >= 4 is 44.2 Å². The van der Waals surface area contributed by atoms with Crippen molar-refractivity contribution in [2.45, 2.75) is 51.1 Å². The lowest BCUT2D eigenvalue weighted by Crippen LogP contribution is -2.23. The summed E-state index contributed by atoms with van der Waals surface area (Å²) in [6, 6.07) is 7.28. The molecule has 0 unspecified atom stereocenters. The lowest BCUT2D eigenvalue weighted by molar-refractivity contribution is 0.558. The van der Waals surface area contributed by atoms with E-state index in [1.54, 1.807) is 22.0 Å². The van der Waals surface area contributed by atoms with Crippen LogP contribution in [0.4, 0.5) is 0 Å². The third-order valence-corrected chi connectivity index (χ3v) is 7.08. The van der Waals surface area contributed by atoms with Crippen molar-refractivity contribution in [3.05, 3.63) is 61.2 Å². The maximum Gasteiger partial charge on any atom is 0.263 e. The average molecular weight is 427 g/mol. The Morgan fingerprint density at radius 2 is 1.97 bits per heavy atom. The Hall–Kier alpha value is -2.45. The van der Waals surface area contributed by atoms with E-state index >= 15 is 0 Å². The Labute approximate surface area is 176 Å². The minimum absolute atomic E-state index is 0.0211. The van der Waals surface area contributed by atoms with Crippen molar-refractivity contribution in [1.29, 1.82) is 0 Å². The maximum absolute atomic E-state index is 13.2. The minimum Gasteiger partial charge on any atom is -0.309 e.